The molecule has 2 aliphatic rings. The van der Waals surface area contributed by atoms with Gasteiger partial charge in [0.2, 0.25) is 0 Å². The normalized spacial score (nSPS) is 15.2. The number of rotatable bonds is 2. The molecule has 3 aromatic rings. The molecule has 0 aliphatic heterocycles. The van der Waals surface area contributed by atoms with E-state index in [4.69, 9.17) is 0 Å². The number of hydrogen-bond acceptors (Lipinski definition) is 0. The third kappa shape index (κ3) is 3.54. The summed E-state index contributed by atoms with van der Waals surface area (Å²) in [6.07, 6.45) is 1.11. The Morgan fingerprint density at radius 2 is 1.40 bits per heavy atom. The number of allylic oxidation sites excluding steroid dienone is 2. The monoisotopic (exact) mass is 510 g/mol. The second kappa shape index (κ2) is 9.08. The third-order valence-corrected chi connectivity index (χ3v) is 15.1. The average molecular weight is 513 g/mol. The van der Waals surface area contributed by atoms with Crippen LogP contribution in [0, 0.1) is 0 Å². The van der Waals surface area contributed by atoms with Gasteiger partial charge < -0.3 is 24.8 Å². The molecule has 2 aliphatic carbocycles. The Hall–Kier alpha value is -1.27. The van der Waals surface area contributed by atoms with E-state index >= 15 is 0 Å². The fourth-order valence-electron chi connectivity index (χ4n) is 5.25. The van der Waals surface area contributed by atoms with E-state index in [2.05, 4.69) is 94.4 Å². The summed E-state index contributed by atoms with van der Waals surface area (Å²) in [5, 5.41) is 0. The SMILES string of the molecule is CC1=C(C)[CH]([Zr+2](=[C](C)C)[c]2cccc3c2Cc2ccccc2-3)c2ccccc21.[Cl-].[Cl-]. The van der Waals surface area contributed by atoms with Gasteiger partial charge in [-0.1, -0.05) is 0 Å². The Morgan fingerprint density at radius 3 is 2.13 bits per heavy atom. The summed E-state index contributed by atoms with van der Waals surface area (Å²) in [5.74, 6) is 0. The molecule has 0 nitrogen and oxygen atoms in total. The zero-order valence-corrected chi connectivity index (χ0v) is 21.9. The van der Waals surface area contributed by atoms with Crippen LogP contribution in [0.15, 0.2) is 72.3 Å². The van der Waals surface area contributed by atoms with Gasteiger partial charge in [-0.25, -0.2) is 0 Å². The molecule has 0 N–H and O–H groups in total. The Balaban J connectivity index is 0.00000128. The molecular weight excluding hydrogens is 486 g/mol. The minimum atomic E-state index is -2.11. The molecule has 1 unspecified atom stereocenters. The van der Waals surface area contributed by atoms with Crippen LogP contribution in [0.2, 0.25) is 0 Å². The van der Waals surface area contributed by atoms with E-state index in [1.165, 1.54) is 27.8 Å². The van der Waals surface area contributed by atoms with Crippen molar-refractivity contribution < 1.29 is 46.1 Å². The Bertz CT molecular complexity index is 1180. The third-order valence-electron chi connectivity index (χ3n) is 6.67. The first-order valence-corrected chi connectivity index (χ1v) is 14.1. The number of halogens is 2. The second-order valence-electron chi connectivity index (χ2n) is 8.41. The molecule has 30 heavy (non-hydrogen) atoms. The van der Waals surface area contributed by atoms with Crippen LogP contribution in [0.3, 0.4) is 0 Å². The maximum atomic E-state index is 2.47. The molecule has 0 spiro atoms. The summed E-state index contributed by atoms with van der Waals surface area (Å²) in [6.45, 7) is 9.52. The average Bonchev–Trinajstić information content (AvgIpc) is 3.20. The molecule has 0 bridgehead atoms. The molecule has 3 aromatic carbocycles. The molecule has 0 fully saturated rings. The topological polar surface area (TPSA) is 0 Å². The largest absolute Gasteiger partial charge is 1.00 e. The van der Waals surface area contributed by atoms with Gasteiger partial charge >= 0.3 is 177 Å². The summed E-state index contributed by atoms with van der Waals surface area (Å²) in [6, 6.07) is 25.2. The number of hydrogen-bond donors (Lipinski definition) is 0. The van der Waals surface area contributed by atoms with Crippen LogP contribution < -0.4 is 28.1 Å². The molecule has 0 saturated carbocycles. The van der Waals surface area contributed by atoms with Crippen LogP contribution in [-0.2, 0) is 27.7 Å². The molecule has 5 rings (SSSR count). The van der Waals surface area contributed by atoms with E-state index in [9.17, 15) is 0 Å². The number of benzene rings is 3. The summed E-state index contributed by atoms with van der Waals surface area (Å²) in [4.78, 5) is 0. The summed E-state index contributed by atoms with van der Waals surface area (Å²) < 4.78 is 4.05. The zero-order chi connectivity index (χ0) is 19.4. The minimum Gasteiger partial charge on any atom is -1.00 e. The first kappa shape index (κ1) is 23.4. The molecule has 0 aromatic heterocycles. The van der Waals surface area contributed by atoms with Crippen molar-refractivity contribution in [1.29, 1.82) is 0 Å². The first-order chi connectivity index (χ1) is 13.6. The predicted molar refractivity (Wildman–Crippen MR) is 118 cm³/mol. The molecule has 152 valence electrons. The van der Waals surface area contributed by atoms with Crippen molar-refractivity contribution >= 4 is 12.1 Å². The standard InChI is InChI=1S/C13H9.C11H11.C3H6.2ClH.Zr/c1-3-7-12-10(5-1)9-11-6-2-4-8-13(11)12;1-8-7-10-5-3-4-6-11(10)9(8)2;1-3-2;;;/h1-5,7-8H,9H2;3-7H,1-2H3;1-2H3;2*1H;/q;;;;;+2/p-2. The van der Waals surface area contributed by atoms with Gasteiger partial charge in [0.1, 0.15) is 0 Å². The van der Waals surface area contributed by atoms with Gasteiger partial charge in [-0.3, -0.25) is 0 Å². The van der Waals surface area contributed by atoms with E-state index in [1.807, 2.05) is 0 Å². The van der Waals surface area contributed by atoms with Crippen LogP contribution in [0.4, 0.5) is 0 Å². The van der Waals surface area contributed by atoms with E-state index < -0.39 is 21.3 Å². The van der Waals surface area contributed by atoms with Crippen LogP contribution >= 0.6 is 0 Å². The molecule has 0 amide bonds. The van der Waals surface area contributed by atoms with Crippen molar-refractivity contribution in [2.45, 2.75) is 37.7 Å². The van der Waals surface area contributed by atoms with Crippen molar-refractivity contribution in [3.05, 3.63) is 94.6 Å². The maximum Gasteiger partial charge on any atom is -1.00 e. The molecule has 0 heterocycles. The van der Waals surface area contributed by atoms with Gasteiger partial charge in [0.15, 0.2) is 0 Å². The van der Waals surface area contributed by atoms with E-state index in [0.717, 1.165) is 6.42 Å². The molecule has 3 heteroatoms. The first-order valence-electron chi connectivity index (χ1n) is 10.2. The Kier molecular flexibility index (Phi) is 7.08. The van der Waals surface area contributed by atoms with Crippen LogP contribution in [0.25, 0.3) is 16.7 Å². The molecule has 0 radical (unpaired) electrons. The summed E-state index contributed by atoms with van der Waals surface area (Å²) >= 11 is -2.11. The van der Waals surface area contributed by atoms with Gasteiger partial charge in [-0.05, 0) is 0 Å². The smallest absolute Gasteiger partial charge is 1.00 e. The molecule has 0 saturated heterocycles. The Morgan fingerprint density at radius 1 is 0.767 bits per heavy atom. The van der Waals surface area contributed by atoms with Crippen LogP contribution in [-0.4, -0.2) is 3.21 Å². The number of fused-ring (bicyclic) bond motifs is 4. The fourth-order valence-corrected chi connectivity index (χ4v) is 13.8. The van der Waals surface area contributed by atoms with Gasteiger partial charge in [0.25, 0.3) is 0 Å². The van der Waals surface area contributed by atoms with E-state index in [-0.39, 0.29) is 24.8 Å². The molecular formula is C27H26Cl2Zr. The predicted octanol–water partition coefficient (Wildman–Crippen LogP) is 0.270. The maximum absolute atomic E-state index is 2.47. The zero-order valence-electron chi connectivity index (χ0n) is 17.9. The Labute approximate surface area is 200 Å². The van der Waals surface area contributed by atoms with E-state index in [0.29, 0.717) is 3.63 Å². The van der Waals surface area contributed by atoms with Gasteiger partial charge in [-0.2, -0.15) is 0 Å². The van der Waals surface area contributed by atoms with Crippen molar-refractivity contribution in [1.82, 2.24) is 0 Å². The quantitative estimate of drug-likeness (QED) is 0.362. The van der Waals surface area contributed by atoms with Gasteiger partial charge in [0, 0.05) is 0 Å². The van der Waals surface area contributed by atoms with Crippen LogP contribution in [0.1, 0.15) is 53.6 Å². The van der Waals surface area contributed by atoms with Gasteiger partial charge in [0.05, 0.1) is 0 Å². The van der Waals surface area contributed by atoms with Crippen molar-refractivity contribution in [2.75, 3.05) is 0 Å². The van der Waals surface area contributed by atoms with Crippen molar-refractivity contribution in [3.8, 4) is 11.1 Å². The summed E-state index contributed by atoms with van der Waals surface area (Å²) in [5.41, 5.74) is 12.2. The fraction of sp³-hybridized carbons (Fsp3) is 0.222. The van der Waals surface area contributed by atoms with E-state index in [1.54, 1.807) is 23.2 Å². The van der Waals surface area contributed by atoms with Crippen LogP contribution in [0.5, 0.6) is 0 Å². The molecule has 1 atom stereocenters. The minimum absolute atomic E-state index is 0. The summed E-state index contributed by atoms with van der Waals surface area (Å²) in [7, 11) is 0. The van der Waals surface area contributed by atoms with Crippen molar-refractivity contribution in [3.63, 3.8) is 0 Å². The second-order valence-corrected chi connectivity index (χ2v) is 15.6. The van der Waals surface area contributed by atoms with Gasteiger partial charge in [-0.15, -0.1) is 0 Å². The van der Waals surface area contributed by atoms with Crippen molar-refractivity contribution in [2.24, 2.45) is 0 Å².